The number of amides is 1. The number of rotatable bonds is 6. The summed E-state index contributed by atoms with van der Waals surface area (Å²) < 4.78 is 19.6. The standard InChI is InChI=1S/C20H24FN3O2/c1-26-18-9-11-24(14-20(25)23-19-8-4-5-10-22-19)13-16(18)12-15-6-2-3-7-17(15)21/h2-8,10,16,18H,9,11-14H2,1H3,(H,22,23,25)/t16-,18-/m1/s1. The number of hydrogen-bond acceptors (Lipinski definition) is 4. The van der Waals surface area contributed by atoms with Gasteiger partial charge in [0.1, 0.15) is 11.6 Å². The molecule has 1 fully saturated rings. The summed E-state index contributed by atoms with van der Waals surface area (Å²) in [6, 6.07) is 12.2. The van der Waals surface area contributed by atoms with Crippen molar-refractivity contribution in [3.8, 4) is 0 Å². The summed E-state index contributed by atoms with van der Waals surface area (Å²) in [5.74, 6) is 0.414. The SMILES string of the molecule is CO[C@@H]1CCN(CC(=O)Nc2ccccn2)C[C@H]1Cc1ccccc1F. The molecule has 1 N–H and O–H groups in total. The van der Waals surface area contributed by atoms with Crippen LogP contribution in [0.25, 0.3) is 0 Å². The lowest BCUT2D eigenvalue weighted by Crippen LogP contribution is -2.47. The number of carbonyl (C=O) groups is 1. The molecule has 2 aromatic rings. The van der Waals surface area contributed by atoms with E-state index >= 15 is 0 Å². The molecule has 3 rings (SSSR count). The largest absolute Gasteiger partial charge is 0.381 e. The highest BCUT2D eigenvalue weighted by Gasteiger charge is 2.30. The van der Waals surface area contributed by atoms with Crippen LogP contribution in [0.5, 0.6) is 0 Å². The number of pyridine rings is 1. The van der Waals surface area contributed by atoms with Crippen LogP contribution >= 0.6 is 0 Å². The molecule has 1 aliphatic heterocycles. The number of benzene rings is 1. The molecule has 138 valence electrons. The van der Waals surface area contributed by atoms with Gasteiger partial charge in [-0.1, -0.05) is 24.3 Å². The summed E-state index contributed by atoms with van der Waals surface area (Å²) in [5, 5.41) is 2.81. The van der Waals surface area contributed by atoms with Crippen LogP contribution in [0, 0.1) is 11.7 Å². The third-order valence-corrected chi connectivity index (χ3v) is 4.79. The van der Waals surface area contributed by atoms with Crippen molar-refractivity contribution in [3.63, 3.8) is 0 Å². The van der Waals surface area contributed by atoms with Crippen molar-refractivity contribution in [1.29, 1.82) is 0 Å². The number of piperidine rings is 1. The molecular weight excluding hydrogens is 333 g/mol. The molecule has 1 aromatic carbocycles. The molecule has 1 aromatic heterocycles. The molecule has 26 heavy (non-hydrogen) atoms. The predicted molar refractivity (Wildman–Crippen MR) is 98.3 cm³/mol. The van der Waals surface area contributed by atoms with E-state index < -0.39 is 0 Å². The van der Waals surface area contributed by atoms with Crippen molar-refractivity contribution in [3.05, 3.63) is 60.0 Å². The Morgan fingerprint density at radius 1 is 1.31 bits per heavy atom. The van der Waals surface area contributed by atoms with Gasteiger partial charge in [-0.25, -0.2) is 9.37 Å². The van der Waals surface area contributed by atoms with Gasteiger partial charge < -0.3 is 10.1 Å². The average Bonchev–Trinajstić information content (AvgIpc) is 2.64. The highest BCUT2D eigenvalue weighted by Crippen LogP contribution is 2.24. The van der Waals surface area contributed by atoms with Gasteiger partial charge in [0.25, 0.3) is 0 Å². The summed E-state index contributed by atoms with van der Waals surface area (Å²) >= 11 is 0. The first kappa shape index (κ1) is 18.5. The summed E-state index contributed by atoms with van der Waals surface area (Å²) in [6.07, 6.45) is 3.14. The number of aromatic nitrogens is 1. The van der Waals surface area contributed by atoms with E-state index in [4.69, 9.17) is 4.74 Å². The second-order valence-electron chi connectivity index (χ2n) is 6.62. The third kappa shape index (κ3) is 4.86. The number of carbonyl (C=O) groups excluding carboxylic acids is 1. The van der Waals surface area contributed by atoms with Crippen LogP contribution in [0.15, 0.2) is 48.7 Å². The minimum Gasteiger partial charge on any atom is -0.381 e. The Morgan fingerprint density at radius 2 is 2.12 bits per heavy atom. The van der Waals surface area contributed by atoms with Gasteiger partial charge in [0.15, 0.2) is 0 Å². The van der Waals surface area contributed by atoms with E-state index in [0.717, 1.165) is 13.0 Å². The van der Waals surface area contributed by atoms with Gasteiger partial charge in [0, 0.05) is 32.3 Å². The van der Waals surface area contributed by atoms with Crippen molar-refractivity contribution in [2.45, 2.75) is 18.9 Å². The molecule has 0 spiro atoms. The van der Waals surface area contributed by atoms with E-state index in [1.165, 1.54) is 6.07 Å². The number of methoxy groups -OCH3 is 1. The fourth-order valence-electron chi connectivity index (χ4n) is 3.50. The number of likely N-dealkylation sites (tertiary alicyclic amines) is 1. The lowest BCUT2D eigenvalue weighted by Gasteiger charge is -2.37. The lowest BCUT2D eigenvalue weighted by molar-refractivity contribution is -0.118. The zero-order valence-corrected chi connectivity index (χ0v) is 14.9. The highest BCUT2D eigenvalue weighted by molar-refractivity contribution is 5.91. The van der Waals surface area contributed by atoms with Crippen molar-refractivity contribution in [1.82, 2.24) is 9.88 Å². The normalized spacial score (nSPS) is 20.7. The molecule has 0 unspecified atom stereocenters. The Labute approximate surface area is 153 Å². The second kappa shape index (κ2) is 8.87. The molecule has 2 atom stereocenters. The number of anilines is 1. The topological polar surface area (TPSA) is 54.5 Å². The molecule has 1 amide bonds. The summed E-state index contributed by atoms with van der Waals surface area (Å²) in [7, 11) is 1.70. The zero-order valence-electron chi connectivity index (χ0n) is 14.9. The predicted octanol–water partition coefficient (Wildman–Crippen LogP) is 2.74. The molecule has 1 aliphatic rings. The monoisotopic (exact) mass is 357 g/mol. The number of halogens is 1. The Kier molecular flexibility index (Phi) is 6.30. The Morgan fingerprint density at radius 3 is 2.85 bits per heavy atom. The third-order valence-electron chi connectivity index (χ3n) is 4.79. The summed E-state index contributed by atoms with van der Waals surface area (Å²) in [6.45, 7) is 1.77. The first-order valence-electron chi connectivity index (χ1n) is 8.85. The van der Waals surface area contributed by atoms with Crippen LogP contribution in [-0.2, 0) is 16.0 Å². The number of hydrogen-bond donors (Lipinski definition) is 1. The Bertz CT molecular complexity index is 726. The minimum absolute atomic E-state index is 0.0738. The van der Waals surface area contributed by atoms with Gasteiger partial charge in [-0.2, -0.15) is 0 Å². The fourth-order valence-corrected chi connectivity index (χ4v) is 3.50. The molecule has 5 nitrogen and oxygen atoms in total. The first-order chi connectivity index (χ1) is 12.7. The van der Waals surface area contributed by atoms with E-state index in [-0.39, 0.29) is 23.7 Å². The second-order valence-corrected chi connectivity index (χ2v) is 6.62. The highest BCUT2D eigenvalue weighted by atomic mass is 19.1. The molecule has 6 heteroatoms. The maximum Gasteiger partial charge on any atom is 0.239 e. The number of nitrogens with one attached hydrogen (secondary N) is 1. The van der Waals surface area contributed by atoms with Crippen molar-refractivity contribution in [2.75, 3.05) is 32.1 Å². The molecule has 0 saturated carbocycles. The van der Waals surface area contributed by atoms with Crippen LogP contribution in [0.4, 0.5) is 10.2 Å². The van der Waals surface area contributed by atoms with Gasteiger partial charge in [-0.3, -0.25) is 9.69 Å². The Hall–Kier alpha value is -2.31. The van der Waals surface area contributed by atoms with Crippen molar-refractivity contribution < 1.29 is 13.9 Å². The van der Waals surface area contributed by atoms with Crippen molar-refractivity contribution in [2.24, 2.45) is 5.92 Å². The van der Waals surface area contributed by atoms with Gasteiger partial charge in [0.2, 0.25) is 5.91 Å². The molecule has 0 aliphatic carbocycles. The maximum atomic E-state index is 14.0. The lowest BCUT2D eigenvalue weighted by atomic mass is 9.88. The number of ether oxygens (including phenoxy) is 1. The fraction of sp³-hybridized carbons (Fsp3) is 0.400. The van der Waals surface area contributed by atoms with Gasteiger partial charge in [-0.15, -0.1) is 0 Å². The van der Waals surface area contributed by atoms with E-state index in [2.05, 4.69) is 15.2 Å². The number of nitrogens with zero attached hydrogens (tertiary/aromatic N) is 2. The molecule has 1 saturated heterocycles. The molecular formula is C20H24FN3O2. The van der Waals surface area contributed by atoms with Crippen LogP contribution in [0.1, 0.15) is 12.0 Å². The molecule has 2 heterocycles. The zero-order chi connectivity index (χ0) is 18.4. The van der Waals surface area contributed by atoms with Crippen LogP contribution < -0.4 is 5.32 Å². The van der Waals surface area contributed by atoms with Crippen LogP contribution in [0.2, 0.25) is 0 Å². The minimum atomic E-state index is -0.188. The average molecular weight is 357 g/mol. The molecule has 0 bridgehead atoms. The summed E-state index contributed by atoms with van der Waals surface area (Å²) in [4.78, 5) is 18.5. The quantitative estimate of drug-likeness (QED) is 0.864. The Balaban J connectivity index is 1.59. The van der Waals surface area contributed by atoms with Gasteiger partial charge >= 0.3 is 0 Å². The van der Waals surface area contributed by atoms with Crippen LogP contribution in [0.3, 0.4) is 0 Å². The van der Waals surface area contributed by atoms with Crippen molar-refractivity contribution >= 4 is 11.7 Å². The van der Waals surface area contributed by atoms with Gasteiger partial charge in [-0.05, 0) is 36.6 Å². The van der Waals surface area contributed by atoms with Crippen LogP contribution in [-0.4, -0.2) is 48.6 Å². The van der Waals surface area contributed by atoms with Gasteiger partial charge in [0.05, 0.1) is 12.6 Å². The van der Waals surface area contributed by atoms with E-state index in [1.807, 2.05) is 18.2 Å². The maximum absolute atomic E-state index is 14.0. The van der Waals surface area contributed by atoms with E-state index in [9.17, 15) is 9.18 Å². The molecule has 0 radical (unpaired) electrons. The smallest absolute Gasteiger partial charge is 0.239 e. The first-order valence-corrected chi connectivity index (χ1v) is 8.85. The summed E-state index contributed by atoms with van der Waals surface area (Å²) in [5.41, 5.74) is 0.694. The van der Waals surface area contributed by atoms with E-state index in [0.29, 0.717) is 30.9 Å². The van der Waals surface area contributed by atoms with E-state index in [1.54, 1.807) is 31.5 Å².